The summed E-state index contributed by atoms with van der Waals surface area (Å²) in [5, 5.41) is 12.9. The van der Waals surface area contributed by atoms with E-state index in [0.717, 1.165) is 35.7 Å². The second-order valence-corrected chi connectivity index (χ2v) is 11.3. The van der Waals surface area contributed by atoms with Gasteiger partial charge in [0.15, 0.2) is 0 Å². The van der Waals surface area contributed by atoms with Gasteiger partial charge >= 0.3 is 6.09 Å². The first-order valence-corrected chi connectivity index (χ1v) is 13.8. The van der Waals surface area contributed by atoms with E-state index in [1.54, 1.807) is 0 Å². The third kappa shape index (κ3) is 3.97. The van der Waals surface area contributed by atoms with E-state index >= 15 is 0 Å². The van der Waals surface area contributed by atoms with Gasteiger partial charge in [-0.2, -0.15) is 0 Å². The van der Waals surface area contributed by atoms with Crippen LogP contribution in [0.1, 0.15) is 54.7 Å². The Morgan fingerprint density at radius 3 is 2.26 bits per heavy atom. The summed E-state index contributed by atoms with van der Waals surface area (Å²) in [5.41, 5.74) is 6.06. The number of fused-ring (bicyclic) bond motifs is 6. The summed E-state index contributed by atoms with van der Waals surface area (Å²) < 4.78 is 6.05. The third-order valence-corrected chi connectivity index (χ3v) is 8.88. The zero-order valence-corrected chi connectivity index (χ0v) is 21.4. The molecule has 0 saturated carbocycles. The molecule has 7 rings (SSSR count). The highest BCUT2D eigenvalue weighted by atomic mass is 16.6. The Kier molecular flexibility index (Phi) is 5.70. The average Bonchev–Trinajstić information content (AvgIpc) is 3.25. The van der Waals surface area contributed by atoms with E-state index in [4.69, 9.17) is 4.74 Å². The first-order chi connectivity index (χ1) is 18.6. The molecule has 5 nitrogen and oxygen atoms in total. The topological polar surface area (TPSA) is 62.7 Å². The SMILES string of the molecule is O=C(OCC1c2ccccc2-c2ccccc21)N1C2CCCC1CC(O)(Cc1cccc3cccnc13)C2. The number of pyridine rings is 1. The average molecular weight is 505 g/mol. The molecule has 5 heteroatoms. The summed E-state index contributed by atoms with van der Waals surface area (Å²) in [6, 6.07) is 27.0. The van der Waals surface area contributed by atoms with Crippen molar-refractivity contribution < 1.29 is 14.6 Å². The fourth-order valence-corrected chi connectivity index (χ4v) is 7.30. The van der Waals surface area contributed by atoms with Crippen molar-refractivity contribution in [3.05, 3.63) is 102 Å². The molecule has 1 aliphatic carbocycles. The standard InChI is InChI=1S/C33H32N2O3/c36-32(38-21-30-28-15-3-1-13-26(28)27-14-2-4-16-29(27)30)35-24-11-6-12-25(35)20-33(37,19-24)18-23-9-5-8-22-10-7-17-34-31(22)23/h1-5,7-10,13-17,24-25,30,37H,6,11-12,18-21H2. The molecular weight excluding hydrogens is 472 g/mol. The number of nitrogens with zero attached hydrogens (tertiary/aromatic N) is 2. The molecule has 192 valence electrons. The Morgan fingerprint density at radius 1 is 0.895 bits per heavy atom. The van der Waals surface area contributed by atoms with Crippen molar-refractivity contribution in [2.24, 2.45) is 0 Å². The Hall–Kier alpha value is -3.70. The van der Waals surface area contributed by atoms with E-state index in [1.165, 1.54) is 22.3 Å². The fourth-order valence-electron chi connectivity index (χ4n) is 7.30. The molecule has 1 N–H and O–H groups in total. The largest absolute Gasteiger partial charge is 0.448 e. The lowest BCUT2D eigenvalue weighted by molar-refractivity contribution is -0.0839. The van der Waals surface area contributed by atoms with Gasteiger partial charge in [-0.3, -0.25) is 4.98 Å². The number of benzene rings is 3. The van der Waals surface area contributed by atoms with E-state index in [0.29, 0.717) is 25.9 Å². The fraction of sp³-hybridized carbons (Fsp3) is 0.333. The lowest BCUT2D eigenvalue weighted by Gasteiger charge is -2.51. The molecule has 4 aromatic rings. The zero-order chi connectivity index (χ0) is 25.7. The third-order valence-electron chi connectivity index (χ3n) is 8.88. The molecule has 3 aliphatic rings. The Bertz CT molecular complexity index is 1450. The van der Waals surface area contributed by atoms with Crippen LogP contribution >= 0.6 is 0 Å². The molecule has 2 fully saturated rings. The van der Waals surface area contributed by atoms with Gasteiger partial charge in [0.2, 0.25) is 0 Å². The van der Waals surface area contributed by atoms with Gasteiger partial charge in [0.1, 0.15) is 6.61 Å². The van der Waals surface area contributed by atoms with Crippen LogP contribution in [0.25, 0.3) is 22.0 Å². The van der Waals surface area contributed by atoms with Crippen molar-refractivity contribution in [2.45, 2.75) is 62.1 Å². The van der Waals surface area contributed by atoms with Gasteiger partial charge in [0.05, 0.1) is 11.1 Å². The highest BCUT2D eigenvalue weighted by molar-refractivity contribution is 5.82. The maximum absolute atomic E-state index is 13.5. The van der Waals surface area contributed by atoms with Crippen LogP contribution in [0.3, 0.4) is 0 Å². The number of amides is 1. The quantitative estimate of drug-likeness (QED) is 0.346. The van der Waals surface area contributed by atoms with Gasteiger partial charge in [0, 0.05) is 36.0 Å². The molecule has 2 aliphatic heterocycles. The molecule has 0 spiro atoms. The molecular formula is C33H32N2O3. The number of carbonyl (C=O) groups is 1. The highest BCUT2D eigenvalue weighted by Crippen LogP contribution is 2.45. The summed E-state index contributed by atoms with van der Waals surface area (Å²) in [6.45, 7) is 0.328. The number of carbonyl (C=O) groups excluding carboxylic acids is 1. The minimum Gasteiger partial charge on any atom is -0.448 e. The number of aromatic nitrogens is 1. The first kappa shape index (κ1) is 23.4. The van der Waals surface area contributed by atoms with Crippen LogP contribution in [-0.2, 0) is 11.2 Å². The van der Waals surface area contributed by atoms with Crippen LogP contribution in [0.4, 0.5) is 4.79 Å². The monoisotopic (exact) mass is 504 g/mol. The van der Waals surface area contributed by atoms with Crippen molar-refractivity contribution in [1.82, 2.24) is 9.88 Å². The Morgan fingerprint density at radius 2 is 1.55 bits per heavy atom. The lowest BCUT2D eigenvalue weighted by atomic mass is 9.73. The minimum atomic E-state index is -0.859. The molecule has 2 bridgehead atoms. The number of hydrogen-bond acceptors (Lipinski definition) is 4. The minimum absolute atomic E-state index is 0.00825. The lowest BCUT2D eigenvalue weighted by Crippen LogP contribution is -2.60. The van der Waals surface area contributed by atoms with Gasteiger partial charge in [-0.1, -0.05) is 72.8 Å². The van der Waals surface area contributed by atoms with Gasteiger partial charge < -0.3 is 14.7 Å². The normalized spacial score (nSPS) is 24.2. The van der Waals surface area contributed by atoms with E-state index in [1.807, 2.05) is 23.2 Å². The van der Waals surface area contributed by atoms with Crippen molar-refractivity contribution in [3.8, 4) is 11.1 Å². The second kappa shape index (κ2) is 9.25. The smallest absolute Gasteiger partial charge is 0.410 e. The second-order valence-electron chi connectivity index (χ2n) is 11.3. The molecule has 2 saturated heterocycles. The van der Waals surface area contributed by atoms with Crippen LogP contribution in [0, 0.1) is 0 Å². The summed E-state index contributed by atoms with van der Waals surface area (Å²) in [5.74, 6) is 0.0479. The molecule has 1 amide bonds. The van der Waals surface area contributed by atoms with Gasteiger partial charge in [-0.15, -0.1) is 0 Å². The van der Waals surface area contributed by atoms with Gasteiger partial charge in [-0.25, -0.2) is 4.79 Å². The van der Waals surface area contributed by atoms with E-state index in [9.17, 15) is 9.90 Å². The molecule has 1 aromatic heterocycles. The van der Waals surface area contributed by atoms with Crippen LogP contribution in [-0.4, -0.2) is 45.4 Å². The van der Waals surface area contributed by atoms with Crippen molar-refractivity contribution in [1.29, 1.82) is 0 Å². The molecule has 3 aromatic carbocycles. The van der Waals surface area contributed by atoms with E-state index in [2.05, 4.69) is 71.7 Å². The van der Waals surface area contributed by atoms with Crippen LogP contribution < -0.4 is 0 Å². The molecule has 3 heterocycles. The first-order valence-electron chi connectivity index (χ1n) is 13.8. The summed E-state index contributed by atoms with van der Waals surface area (Å²) in [6.07, 6.45) is 6.13. The molecule has 2 atom stereocenters. The van der Waals surface area contributed by atoms with E-state index < -0.39 is 5.60 Å². The number of piperidine rings is 2. The predicted molar refractivity (Wildman–Crippen MR) is 148 cm³/mol. The van der Waals surface area contributed by atoms with Crippen LogP contribution in [0.15, 0.2) is 85.1 Å². The predicted octanol–water partition coefficient (Wildman–Crippen LogP) is 6.47. The number of para-hydroxylation sites is 1. The van der Waals surface area contributed by atoms with Gasteiger partial charge in [-0.05, 0) is 66.0 Å². The molecule has 2 unspecified atom stereocenters. The van der Waals surface area contributed by atoms with Gasteiger partial charge in [0.25, 0.3) is 0 Å². The maximum atomic E-state index is 13.5. The van der Waals surface area contributed by atoms with E-state index in [-0.39, 0.29) is 24.1 Å². The van der Waals surface area contributed by atoms with Crippen LogP contribution in [0.5, 0.6) is 0 Å². The number of ether oxygens (including phenoxy) is 1. The van der Waals surface area contributed by atoms with Crippen molar-refractivity contribution >= 4 is 17.0 Å². The summed E-state index contributed by atoms with van der Waals surface area (Å²) in [7, 11) is 0. The molecule has 0 radical (unpaired) electrons. The highest BCUT2D eigenvalue weighted by Gasteiger charge is 2.48. The molecule has 38 heavy (non-hydrogen) atoms. The summed E-state index contributed by atoms with van der Waals surface area (Å²) >= 11 is 0. The maximum Gasteiger partial charge on any atom is 0.410 e. The number of rotatable bonds is 4. The zero-order valence-electron chi connectivity index (χ0n) is 21.4. The van der Waals surface area contributed by atoms with Crippen molar-refractivity contribution in [3.63, 3.8) is 0 Å². The van der Waals surface area contributed by atoms with Crippen LogP contribution in [0.2, 0.25) is 0 Å². The Labute approximate surface area is 223 Å². The number of aliphatic hydroxyl groups is 1. The summed E-state index contributed by atoms with van der Waals surface area (Å²) in [4.78, 5) is 20.1. The number of hydrogen-bond donors (Lipinski definition) is 1. The Balaban J connectivity index is 1.08. The van der Waals surface area contributed by atoms with Crippen molar-refractivity contribution in [2.75, 3.05) is 6.61 Å².